The molecule has 120 valence electrons. The lowest BCUT2D eigenvalue weighted by Crippen LogP contribution is -2.42. The minimum absolute atomic E-state index is 0.304. The molecule has 0 spiro atoms. The van der Waals surface area contributed by atoms with E-state index in [-0.39, 0.29) is 0 Å². The number of carbonyl (C=O) groups excluding carboxylic acids is 1. The van der Waals surface area contributed by atoms with E-state index in [2.05, 4.69) is 20.4 Å². The molecule has 22 heavy (non-hydrogen) atoms. The molecule has 1 N–H and O–H groups in total. The van der Waals surface area contributed by atoms with Crippen molar-refractivity contribution in [3.8, 4) is 0 Å². The van der Waals surface area contributed by atoms with E-state index in [4.69, 9.17) is 4.52 Å². The topological polar surface area (TPSA) is 71.3 Å². The third-order valence-electron chi connectivity index (χ3n) is 5.15. The first kappa shape index (κ1) is 14.2. The SMILES string of the molecule is O=C(CCCc1nc(C2CC2)no1)N1C2CCNCC1CC2. The van der Waals surface area contributed by atoms with Crippen molar-refractivity contribution in [2.24, 2.45) is 0 Å². The predicted octanol–water partition coefficient (Wildman–Crippen LogP) is 1.62. The Balaban J connectivity index is 1.28. The number of rotatable bonds is 5. The second kappa shape index (κ2) is 5.99. The third-order valence-corrected chi connectivity index (χ3v) is 5.15. The van der Waals surface area contributed by atoms with Gasteiger partial charge in [-0.1, -0.05) is 5.16 Å². The number of nitrogens with one attached hydrogen (secondary N) is 1. The molecule has 2 atom stereocenters. The molecule has 3 heterocycles. The smallest absolute Gasteiger partial charge is 0.226 e. The van der Waals surface area contributed by atoms with E-state index in [0.717, 1.165) is 38.2 Å². The first-order chi connectivity index (χ1) is 10.8. The van der Waals surface area contributed by atoms with E-state index in [1.165, 1.54) is 19.3 Å². The Morgan fingerprint density at radius 2 is 2.09 bits per heavy atom. The van der Waals surface area contributed by atoms with Gasteiger partial charge in [0, 0.05) is 37.4 Å². The number of aryl methyl sites for hydroxylation is 1. The Morgan fingerprint density at radius 1 is 1.23 bits per heavy atom. The van der Waals surface area contributed by atoms with E-state index in [1.54, 1.807) is 0 Å². The van der Waals surface area contributed by atoms with Gasteiger partial charge in [-0.15, -0.1) is 0 Å². The highest BCUT2D eigenvalue weighted by Crippen LogP contribution is 2.38. The zero-order valence-electron chi connectivity index (χ0n) is 13.0. The number of hydrogen-bond acceptors (Lipinski definition) is 5. The fourth-order valence-corrected chi connectivity index (χ4v) is 3.79. The van der Waals surface area contributed by atoms with Gasteiger partial charge in [0.2, 0.25) is 11.8 Å². The summed E-state index contributed by atoms with van der Waals surface area (Å²) >= 11 is 0. The van der Waals surface area contributed by atoms with Crippen molar-refractivity contribution in [2.45, 2.75) is 69.4 Å². The summed E-state index contributed by atoms with van der Waals surface area (Å²) in [6.45, 7) is 1.99. The molecule has 1 aromatic rings. The average Bonchev–Trinajstić information content (AvgIpc) is 3.16. The highest BCUT2D eigenvalue weighted by Gasteiger charge is 2.37. The van der Waals surface area contributed by atoms with Crippen LogP contribution in [-0.2, 0) is 11.2 Å². The Bertz CT molecular complexity index is 526. The second-order valence-electron chi connectivity index (χ2n) is 6.85. The number of amides is 1. The molecule has 0 aromatic carbocycles. The van der Waals surface area contributed by atoms with Crippen LogP contribution >= 0.6 is 0 Å². The van der Waals surface area contributed by atoms with Crippen LogP contribution in [-0.4, -0.2) is 46.1 Å². The fraction of sp³-hybridized carbons (Fsp3) is 0.812. The largest absolute Gasteiger partial charge is 0.339 e. The molecule has 4 rings (SSSR count). The van der Waals surface area contributed by atoms with Crippen LogP contribution in [0.2, 0.25) is 0 Å². The molecule has 3 aliphatic rings. The number of fused-ring (bicyclic) bond motifs is 2. The maximum absolute atomic E-state index is 12.6. The van der Waals surface area contributed by atoms with Gasteiger partial charge < -0.3 is 14.7 Å². The molecule has 1 aromatic heterocycles. The summed E-state index contributed by atoms with van der Waals surface area (Å²) in [4.78, 5) is 19.1. The molecular formula is C16H24N4O2. The van der Waals surface area contributed by atoms with Crippen LogP contribution in [0.25, 0.3) is 0 Å². The van der Waals surface area contributed by atoms with Gasteiger partial charge in [-0.05, 0) is 45.1 Å². The van der Waals surface area contributed by atoms with Crippen LogP contribution in [0, 0.1) is 0 Å². The average molecular weight is 304 g/mol. The molecular weight excluding hydrogens is 280 g/mol. The second-order valence-corrected chi connectivity index (χ2v) is 6.85. The fourth-order valence-electron chi connectivity index (χ4n) is 3.79. The van der Waals surface area contributed by atoms with E-state index >= 15 is 0 Å². The summed E-state index contributed by atoms with van der Waals surface area (Å²) in [5.41, 5.74) is 0. The van der Waals surface area contributed by atoms with Gasteiger partial charge in [0.25, 0.3) is 0 Å². The zero-order valence-corrected chi connectivity index (χ0v) is 13.0. The van der Waals surface area contributed by atoms with Crippen molar-refractivity contribution < 1.29 is 9.32 Å². The van der Waals surface area contributed by atoms with Crippen molar-refractivity contribution in [2.75, 3.05) is 13.1 Å². The molecule has 2 bridgehead atoms. The number of carbonyl (C=O) groups is 1. The minimum atomic E-state index is 0.304. The standard InChI is InChI=1S/C16H24N4O2/c21-15(20-12-6-7-13(20)10-17-9-8-12)3-1-2-14-18-16(19-22-14)11-4-5-11/h11-13,17H,1-10H2. The number of aromatic nitrogens is 2. The Hall–Kier alpha value is -1.43. The summed E-state index contributed by atoms with van der Waals surface area (Å²) < 4.78 is 5.27. The molecule has 2 aliphatic heterocycles. The van der Waals surface area contributed by atoms with Crippen LogP contribution in [0.5, 0.6) is 0 Å². The van der Waals surface area contributed by atoms with E-state index in [1.807, 2.05) is 0 Å². The van der Waals surface area contributed by atoms with Gasteiger partial charge in [0.05, 0.1) is 0 Å². The minimum Gasteiger partial charge on any atom is -0.339 e. The van der Waals surface area contributed by atoms with Gasteiger partial charge in [0.15, 0.2) is 5.82 Å². The van der Waals surface area contributed by atoms with Crippen LogP contribution in [0.1, 0.15) is 62.6 Å². The maximum atomic E-state index is 12.6. The molecule has 6 heteroatoms. The predicted molar refractivity (Wildman–Crippen MR) is 80.4 cm³/mol. The van der Waals surface area contributed by atoms with Gasteiger partial charge in [-0.2, -0.15) is 4.98 Å². The highest BCUT2D eigenvalue weighted by atomic mass is 16.5. The summed E-state index contributed by atoms with van der Waals surface area (Å²) in [5.74, 6) is 2.38. The zero-order chi connectivity index (χ0) is 14.9. The van der Waals surface area contributed by atoms with Crippen molar-refractivity contribution in [3.05, 3.63) is 11.7 Å². The molecule has 2 saturated heterocycles. The van der Waals surface area contributed by atoms with Crippen LogP contribution in [0.4, 0.5) is 0 Å². The summed E-state index contributed by atoms with van der Waals surface area (Å²) in [6.07, 6.45) is 7.89. The lowest BCUT2D eigenvalue weighted by molar-refractivity contribution is -0.133. The van der Waals surface area contributed by atoms with Gasteiger partial charge in [-0.25, -0.2) is 0 Å². The molecule has 6 nitrogen and oxygen atoms in total. The van der Waals surface area contributed by atoms with E-state index < -0.39 is 0 Å². The van der Waals surface area contributed by atoms with E-state index in [9.17, 15) is 4.79 Å². The third kappa shape index (κ3) is 2.89. The van der Waals surface area contributed by atoms with Gasteiger partial charge in [0.1, 0.15) is 0 Å². The Labute approximate surface area is 130 Å². The Kier molecular flexibility index (Phi) is 3.86. The summed E-state index contributed by atoms with van der Waals surface area (Å²) in [5, 5.41) is 7.46. The number of hydrogen-bond donors (Lipinski definition) is 1. The molecule has 0 radical (unpaired) electrons. The van der Waals surface area contributed by atoms with Crippen molar-refractivity contribution >= 4 is 5.91 Å². The van der Waals surface area contributed by atoms with Crippen molar-refractivity contribution in [1.82, 2.24) is 20.4 Å². The quantitative estimate of drug-likeness (QED) is 0.895. The summed E-state index contributed by atoms with van der Waals surface area (Å²) in [7, 11) is 0. The highest BCUT2D eigenvalue weighted by molar-refractivity contribution is 5.77. The molecule has 1 amide bonds. The lowest BCUT2D eigenvalue weighted by atomic mass is 10.1. The van der Waals surface area contributed by atoms with Crippen LogP contribution < -0.4 is 5.32 Å². The number of nitrogens with zero attached hydrogens (tertiary/aromatic N) is 3. The first-order valence-electron chi connectivity index (χ1n) is 8.65. The van der Waals surface area contributed by atoms with E-state index in [0.29, 0.717) is 42.6 Å². The molecule has 1 saturated carbocycles. The van der Waals surface area contributed by atoms with Gasteiger partial charge >= 0.3 is 0 Å². The monoisotopic (exact) mass is 304 g/mol. The molecule has 3 fully saturated rings. The lowest BCUT2D eigenvalue weighted by Gasteiger charge is -2.27. The normalized spacial score (nSPS) is 27.9. The van der Waals surface area contributed by atoms with Gasteiger partial charge in [-0.3, -0.25) is 4.79 Å². The maximum Gasteiger partial charge on any atom is 0.226 e. The van der Waals surface area contributed by atoms with Crippen molar-refractivity contribution in [1.29, 1.82) is 0 Å². The summed E-state index contributed by atoms with van der Waals surface area (Å²) in [6, 6.07) is 0.863. The van der Waals surface area contributed by atoms with Crippen LogP contribution in [0.15, 0.2) is 4.52 Å². The molecule has 1 aliphatic carbocycles. The first-order valence-corrected chi connectivity index (χ1v) is 8.65. The van der Waals surface area contributed by atoms with Crippen LogP contribution in [0.3, 0.4) is 0 Å². The Morgan fingerprint density at radius 3 is 2.95 bits per heavy atom. The molecule has 2 unspecified atom stereocenters. The van der Waals surface area contributed by atoms with Crippen molar-refractivity contribution in [3.63, 3.8) is 0 Å².